The summed E-state index contributed by atoms with van der Waals surface area (Å²) in [5.41, 5.74) is 2.02. The van der Waals surface area contributed by atoms with Gasteiger partial charge in [-0.3, -0.25) is 9.59 Å². The van der Waals surface area contributed by atoms with Crippen molar-refractivity contribution in [1.82, 2.24) is 10.3 Å². The van der Waals surface area contributed by atoms with Gasteiger partial charge in [0.05, 0.1) is 12.0 Å². The molecule has 3 rings (SSSR count). The third kappa shape index (κ3) is 5.33. The van der Waals surface area contributed by atoms with Crippen molar-refractivity contribution < 1.29 is 14.7 Å². The third-order valence-corrected chi connectivity index (χ3v) is 5.16. The molecule has 0 aliphatic heterocycles. The van der Waals surface area contributed by atoms with E-state index >= 15 is 0 Å². The second-order valence-electron chi connectivity index (χ2n) is 7.50. The van der Waals surface area contributed by atoms with Crippen molar-refractivity contribution in [2.75, 3.05) is 6.61 Å². The molecule has 0 saturated carbocycles. The number of fused-ring (bicyclic) bond motifs is 1. The molecule has 1 radical (unpaired) electrons. The Morgan fingerprint density at radius 2 is 1.83 bits per heavy atom. The number of aromatic amines is 1. The number of carbonyl (C=O) groups excluding carboxylic acids is 2. The predicted octanol–water partition coefficient (Wildman–Crippen LogP) is 3.37. The summed E-state index contributed by atoms with van der Waals surface area (Å²) < 4.78 is 0. The monoisotopic (exact) mass is 391 g/mol. The van der Waals surface area contributed by atoms with E-state index in [2.05, 4.69) is 10.3 Å². The van der Waals surface area contributed by atoms with Crippen LogP contribution in [0.2, 0.25) is 0 Å². The number of nitrogens with one attached hydrogen (secondary N) is 2. The Hall–Kier alpha value is -2.92. The molecular formula is C24H27N2O3. The first-order valence-corrected chi connectivity index (χ1v) is 9.90. The minimum absolute atomic E-state index is 0.0478. The predicted molar refractivity (Wildman–Crippen MR) is 114 cm³/mol. The van der Waals surface area contributed by atoms with Crippen molar-refractivity contribution in [1.29, 1.82) is 0 Å². The zero-order chi connectivity index (χ0) is 20.7. The zero-order valence-corrected chi connectivity index (χ0v) is 16.7. The summed E-state index contributed by atoms with van der Waals surface area (Å²) in [6.07, 6.45) is 4.98. The Kier molecular flexibility index (Phi) is 6.83. The highest BCUT2D eigenvalue weighted by atomic mass is 16.3. The van der Waals surface area contributed by atoms with Crippen LogP contribution in [0, 0.1) is 6.42 Å². The minimum atomic E-state index is -1.02. The van der Waals surface area contributed by atoms with Crippen LogP contribution >= 0.6 is 0 Å². The third-order valence-electron chi connectivity index (χ3n) is 5.16. The molecule has 0 bridgehead atoms. The van der Waals surface area contributed by atoms with Crippen molar-refractivity contribution in [2.24, 2.45) is 0 Å². The summed E-state index contributed by atoms with van der Waals surface area (Å²) in [4.78, 5) is 28.7. The lowest BCUT2D eigenvalue weighted by Gasteiger charge is -2.30. The first kappa shape index (κ1) is 20.8. The second kappa shape index (κ2) is 9.52. The number of benzene rings is 2. The molecular weight excluding hydrogens is 364 g/mol. The van der Waals surface area contributed by atoms with Gasteiger partial charge in [-0.05, 0) is 37.0 Å². The van der Waals surface area contributed by atoms with Crippen molar-refractivity contribution >= 4 is 22.6 Å². The van der Waals surface area contributed by atoms with E-state index in [1.54, 1.807) is 13.3 Å². The molecule has 29 heavy (non-hydrogen) atoms. The average molecular weight is 391 g/mol. The number of hydrogen-bond acceptors (Lipinski definition) is 3. The van der Waals surface area contributed by atoms with E-state index in [4.69, 9.17) is 5.11 Å². The lowest BCUT2D eigenvalue weighted by molar-refractivity contribution is -0.130. The number of Topliss-reactive ketones (excluding diaryl/α,β-unsaturated/α-hetero) is 1. The summed E-state index contributed by atoms with van der Waals surface area (Å²) in [6, 6.07) is 17.6. The van der Waals surface area contributed by atoms with Crippen LogP contribution in [0.1, 0.15) is 30.9 Å². The number of rotatable bonds is 10. The minimum Gasteiger partial charge on any atom is -0.396 e. The van der Waals surface area contributed by atoms with E-state index in [9.17, 15) is 9.59 Å². The summed E-state index contributed by atoms with van der Waals surface area (Å²) in [7, 11) is 0. The number of carbonyl (C=O) groups is 2. The van der Waals surface area contributed by atoms with Crippen LogP contribution in [0.3, 0.4) is 0 Å². The maximum atomic E-state index is 12.8. The average Bonchev–Trinajstić information content (AvgIpc) is 3.14. The van der Waals surface area contributed by atoms with Gasteiger partial charge in [0.15, 0.2) is 5.78 Å². The first-order chi connectivity index (χ1) is 14.0. The highest BCUT2D eigenvalue weighted by Crippen LogP contribution is 2.20. The van der Waals surface area contributed by atoms with Gasteiger partial charge in [0.1, 0.15) is 0 Å². The molecule has 151 valence electrons. The molecule has 5 heteroatoms. The van der Waals surface area contributed by atoms with Gasteiger partial charge in [0, 0.05) is 36.5 Å². The molecule has 0 saturated heterocycles. The van der Waals surface area contributed by atoms with Gasteiger partial charge < -0.3 is 15.4 Å². The van der Waals surface area contributed by atoms with Crippen LogP contribution in [0.4, 0.5) is 0 Å². The number of aliphatic hydroxyl groups is 1. The molecule has 3 aromatic rings. The SMILES string of the molecule is CC(Cc1ccccc1)(NC(=O)[CH]Cc1c[nH]c2ccccc12)C(=O)CCCO. The van der Waals surface area contributed by atoms with Gasteiger partial charge >= 0.3 is 0 Å². The fourth-order valence-electron chi connectivity index (χ4n) is 3.56. The van der Waals surface area contributed by atoms with Crippen molar-refractivity contribution in [2.45, 2.75) is 38.1 Å². The Morgan fingerprint density at radius 3 is 2.59 bits per heavy atom. The van der Waals surface area contributed by atoms with Gasteiger partial charge in [-0.1, -0.05) is 48.5 Å². The number of aliphatic hydroxyl groups excluding tert-OH is 1. The van der Waals surface area contributed by atoms with Crippen molar-refractivity contribution in [3.63, 3.8) is 0 Å². The van der Waals surface area contributed by atoms with Crippen LogP contribution in [0.5, 0.6) is 0 Å². The number of H-pyrrole nitrogens is 1. The van der Waals surface area contributed by atoms with Crippen LogP contribution in [0.15, 0.2) is 60.8 Å². The van der Waals surface area contributed by atoms with Crippen LogP contribution in [-0.2, 0) is 22.4 Å². The van der Waals surface area contributed by atoms with E-state index < -0.39 is 5.54 Å². The Morgan fingerprint density at radius 1 is 1.10 bits per heavy atom. The fourth-order valence-corrected chi connectivity index (χ4v) is 3.56. The highest BCUT2D eigenvalue weighted by molar-refractivity contribution is 5.95. The summed E-state index contributed by atoms with van der Waals surface area (Å²) in [6.45, 7) is 1.71. The first-order valence-electron chi connectivity index (χ1n) is 9.90. The largest absolute Gasteiger partial charge is 0.396 e. The van der Waals surface area contributed by atoms with E-state index in [0.29, 0.717) is 19.3 Å². The van der Waals surface area contributed by atoms with Gasteiger partial charge in [0.25, 0.3) is 0 Å². The summed E-state index contributed by atoms with van der Waals surface area (Å²) in [5.74, 6) is -0.352. The molecule has 0 aliphatic carbocycles. The smallest absolute Gasteiger partial charge is 0.225 e. The molecule has 1 heterocycles. The Balaban J connectivity index is 1.68. The van der Waals surface area contributed by atoms with Gasteiger partial charge in [-0.25, -0.2) is 0 Å². The van der Waals surface area contributed by atoms with E-state index in [1.807, 2.05) is 60.8 Å². The number of para-hydroxylation sites is 1. The van der Waals surface area contributed by atoms with Crippen LogP contribution < -0.4 is 5.32 Å². The van der Waals surface area contributed by atoms with Crippen molar-refractivity contribution in [3.05, 3.63) is 78.3 Å². The number of aromatic nitrogens is 1. The number of ketones is 1. The Bertz CT molecular complexity index is 964. The molecule has 0 aliphatic rings. The topological polar surface area (TPSA) is 82.2 Å². The molecule has 1 amide bonds. The second-order valence-corrected chi connectivity index (χ2v) is 7.50. The fraction of sp³-hybridized carbons (Fsp3) is 0.292. The lowest BCUT2D eigenvalue weighted by atomic mass is 9.86. The standard InChI is InChI=1S/C24H27N2O3/c1-24(22(28)12-7-15-27,16-18-8-3-2-4-9-18)26-23(29)14-13-19-17-25-21-11-6-5-10-20(19)21/h2-6,8-11,14,17,25,27H,7,12-13,15-16H2,1H3,(H,26,29). The van der Waals surface area contributed by atoms with Crippen molar-refractivity contribution in [3.8, 4) is 0 Å². The molecule has 0 spiro atoms. The Labute approximate surface area is 171 Å². The van der Waals surface area contributed by atoms with Gasteiger partial charge in [-0.15, -0.1) is 0 Å². The maximum Gasteiger partial charge on any atom is 0.225 e. The summed E-state index contributed by atoms with van der Waals surface area (Å²) >= 11 is 0. The molecule has 1 atom stereocenters. The highest BCUT2D eigenvalue weighted by Gasteiger charge is 2.34. The van der Waals surface area contributed by atoms with E-state index in [1.165, 1.54) is 0 Å². The maximum absolute atomic E-state index is 12.8. The van der Waals surface area contributed by atoms with E-state index in [-0.39, 0.29) is 24.7 Å². The van der Waals surface area contributed by atoms with Gasteiger partial charge in [0.2, 0.25) is 5.91 Å². The quantitative estimate of drug-likeness (QED) is 0.496. The molecule has 1 unspecified atom stereocenters. The molecule has 5 nitrogen and oxygen atoms in total. The molecule has 3 N–H and O–H groups in total. The number of hydrogen-bond donors (Lipinski definition) is 3. The van der Waals surface area contributed by atoms with E-state index in [0.717, 1.165) is 22.0 Å². The summed E-state index contributed by atoms with van der Waals surface area (Å²) in [5, 5.41) is 13.1. The van der Waals surface area contributed by atoms with Crippen LogP contribution in [-0.4, -0.2) is 33.9 Å². The normalized spacial score (nSPS) is 13.2. The molecule has 0 fully saturated rings. The molecule has 2 aromatic carbocycles. The lowest BCUT2D eigenvalue weighted by Crippen LogP contribution is -2.54. The van der Waals surface area contributed by atoms with Gasteiger partial charge in [-0.2, -0.15) is 0 Å². The zero-order valence-electron chi connectivity index (χ0n) is 16.7. The number of amides is 1. The van der Waals surface area contributed by atoms with Crippen LogP contribution in [0.25, 0.3) is 10.9 Å². The molecule has 1 aromatic heterocycles.